The summed E-state index contributed by atoms with van der Waals surface area (Å²) in [6.07, 6.45) is 1.61. The summed E-state index contributed by atoms with van der Waals surface area (Å²) in [5.74, 6) is 0.361. The number of fused-ring (bicyclic) bond motifs is 1. The van der Waals surface area contributed by atoms with E-state index in [0.29, 0.717) is 16.4 Å². The van der Waals surface area contributed by atoms with E-state index in [-0.39, 0.29) is 11.7 Å². The highest BCUT2D eigenvalue weighted by atomic mass is 35.5. The second-order valence-electron chi connectivity index (χ2n) is 3.96. The number of benzene rings is 1. The molecule has 0 fully saturated rings. The predicted molar refractivity (Wildman–Crippen MR) is 73.4 cm³/mol. The molecule has 0 aliphatic rings. The summed E-state index contributed by atoms with van der Waals surface area (Å²) < 4.78 is 5.46. The molecule has 0 aliphatic carbocycles. The topological polar surface area (TPSA) is 55.1 Å². The zero-order valence-electron chi connectivity index (χ0n) is 9.76. The van der Waals surface area contributed by atoms with Crippen molar-refractivity contribution in [3.05, 3.63) is 59.4 Å². The lowest BCUT2D eigenvalue weighted by molar-refractivity contribution is 0.0998. The lowest BCUT2D eigenvalue weighted by Gasteiger charge is -2.00. The summed E-state index contributed by atoms with van der Waals surface area (Å²) in [5.41, 5.74) is 0.621. The van der Waals surface area contributed by atoms with Gasteiger partial charge in [-0.25, -0.2) is 4.98 Å². The van der Waals surface area contributed by atoms with Crippen LogP contribution in [-0.2, 0) is 0 Å². The van der Waals surface area contributed by atoms with E-state index >= 15 is 0 Å². The molecular formula is C14H9ClN2O2. The van der Waals surface area contributed by atoms with E-state index in [0.717, 1.165) is 5.39 Å². The monoisotopic (exact) mass is 272 g/mol. The van der Waals surface area contributed by atoms with Crippen molar-refractivity contribution in [1.29, 1.82) is 0 Å². The molecule has 0 saturated carbocycles. The lowest BCUT2D eigenvalue weighted by Crippen LogP contribution is -2.11. The van der Waals surface area contributed by atoms with Crippen molar-refractivity contribution in [2.24, 2.45) is 0 Å². The Kier molecular flexibility index (Phi) is 2.93. The summed E-state index contributed by atoms with van der Waals surface area (Å²) >= 11 is 5.89. The van der Waals surface area contributed by atoms with E-state index in [1.54, 1.807) is 48.7 Å². The highest BCUT2D eigenvalue weighted by molar-refractivity contribution is 6.31. The average Bonchev–Trinajstić information content (AvgIpc) is 2.83. The number of rotatable bonds is 2. The van der Waals surface area contributed by atoms with E-state index in [9.17, 15) is 4.79 Å². The molecule has 3 aromatic rings. The molecule has 2 heterocycles. The maximum absolute atomic E-state index is 12.0. The fourth-order valence-electron chi connectivity index (χ4n) is 1.74. The first-order valence-electron chi connectivity index (χ1n) is 5.64. The largest absolute Gasteiger partial charge is 0.451 e. The van der Waals surface area contributed by atoms with Crippen molar-refractivity contribution < 1.29 is 9.21 Å². The molecule has 0 bridgehead atoms. The number of furan rings is 1. The quantitative estimate of drug-likeness (QED) is 0.773. The van der Waals surface area contributed by atoms with Crippen molar-refractivity contribution in [1.82, 2.24) is 4.98 Å². The number of pyridine rings is 1. The van der Waals surface area contributed by atoms with E-state index in [1.165, 1.54) is 0 Å². The first-order valence-corrected chi connectivity index (χ1v) is 6.02. The van der Waals surface area contributed by atoms with Gasteiger partial charge in [0.05, 0.1) is 0 Å². The number of aromatic nitrogens is 1. The van der Waals surface area contributed by atoms with Crippen molar-refractivity contribution in [3.8, 4) is 0 Å². The minimum atomic E-state index is -0.342. The zero-order valence-corrected chi connectivity index (χ0v) is 10.5. The van der Waals surface area contributed by atoms with Gasteiger partial charge in [-0.2, -0.15) is 0 Å². The van der Waals surface area contributed by atoms with Gasteiger partial charge in [0, 0.05) is 16.6 Å². The van der Waals surface area contributed by atoms with Crippen LogP contribution in [0.3, 0.4) is 0 Å². The van der Waals surface area contributed by atoms with Crippen LogP contribution in [0.1, 0.15) is 10.6 Å². The normalized spacial score (nSPS) is 10.6. The van der Waals surface area contributed by atoms with Crippen LogP contribution < -0.4 is 5.32 Å². The molecule has 1 amide bonds. The molecule has 0 atom stereocenters. The minimum absolute atomic E-state index is 0.225. The molecule has 1 N–H and O–H groups in total. The molecule has 3 rings (SSSR count). The standard InChI is InChI=1S/C14H9ClN2O2/c15-10-4-5-11-9(7-10)8-12(19-11)14(18)17-13-3-1-2-6-16-13/h1-8H,(H,16,17,18). The Hall–Kier alpha value is -2.33. The maximum Gasteiger partial charge on any atom is 0.292 e. The van der Waals surface area contributed by atoms with Gasteiger partial charge in [0.1, 0.15) is 11.4 Å². The van der Waals surface area contributed by atoms with Crippen LogP contribution in [0.15, 0.2) is 53.1 Å². The first kappa shape index (κ1) is 11.7. The van der Waals surface area contributed by atoms with Gasteiger partial charge in [-0.15, -0.1) is 0 Å². The molecule has 19 heavy (non-hydrogen) atoms. The number of anilines is 1. The molecule has 1 aromatic carbocycles. The Morgan fingerprint density at radius 2 is 2.11 bits per heavy atom. The van der Waals surface area contributed by atoms with Crippen molar-refractivity contribution in [3.63, 3.8) is 0 Å². The Morgan fingerprint density at radius 3 is 2.89 bits per heavy atom. The van der Waals surface area contributed by atoms with Gasteiger partial charge in [0.2, 0.25) is 0 Å². The molecule has 4 nitrogen and oxygen atoms in total. The Bertz CT molecular complexity index is 738. The van der Waals surface area contributed by atoms with E-state index < -0.39 is 0 Å². The Balaban J connectivity index is 1.89. The SMILES string of the molecule is O=C(Nc1ccccn1)c1cc2cc(Cl)ccc2o1. The number of halogens is 1. The predicted octanol–water partition coefficient (Wildman–Crippen LogP) is 3.73. The fourth-order valence-corrected chi connectivity index (χ4v) is 1.92. The second-order valence-corrected chi connectivity index (χ2v) is 4.40. The molecule has 5 heteroatoms. The number of amides is 1. The fraction of sp³-hybridized carbons (Fsp3) is 0. The van der Waals surface area contributed by atoms with Crippen LogP contribution in [0.4, 0.5) is 5.82 Å². The number of carbonyl (C=O) groups excluding carboxylic acids is 1. The van der Waals surface area contributed by atoms with Gasteiger partial charge in [-0.05, 0) is 36.4 Å². The van der Waals surface area contributed by atoms with Gasteiger partial charge in [-0.1, -0.05) is 17.7 Å². The maximum atomic E-state index is 12.0. The minimum Gasteiger partial charge on any atom is -0.451 e. The molecular weight excluding hydrogens is 264 g/mol. The highest BCUT2D eigenvalue weighted by Gasteiger charge is 2.12. The molecule has 2 aromatic heterocycles. The molecule has 0 saturated heterocycles. The molecule has 0 unspecified atom stereocenters. The summed E-state index contributed by atoms with van der Waals surface area (Å²) in [7, 11) is 0. The van der Waals surface area contributed by atoms with Crippen molar-refractivity contribution in [2.75, 3.05) is 5.32 Å². The van der Waals surface area contributed by atoms with E-state index in [4.69, 9.17) is 16.0 Å². The summed E-state index contributed by atoms with van der Waals surface area (Å²) in [4.78, 5) is 16.0. The highest BCUT2D eigenvalue weighted by Crippen LogP contribution is 2.23. The molecule has 0 spiro atoms. The van der Waals surface area contributed by atoms with Crippen molar-refractivity contribution in [2.45, 2.75) is 0 Å². The third kappa shape index (κ3) is 2.44. The first-order chi connectivity index (χ1) is 9.22. The summed E-state index contributed by atoms with van der Waals surface area (Å²) in [6, 6.07) is 12.1. The molecule has 0 radical (unpaired) electrons. The Morgan fingerprint density at radius 1 is 1.21 bits per heavy atom. The number of carbonyl (C=O) groups is 1. The van der Waals surface area contributed by atoms with E-state index in [2.05, 4.69) is 10.3 Å². The van der Waals surface area contributed by atoms with Gasteiger partial charge >= 0.3 is 0 Å². The van der Waals surface area contributed by atoms with Gasteiger partial charge in [-0.3, -0.25) is 4.79 Å². The van der Waals surface area contributed by atoms with Crippen LogP contribution in [0.5, 0.6) is 0 Å². The second kappa shape index (κ2) is 4.74. The average molecular weight is 273 g/mol. The third-order valence-corrected chi connectivity index (χ3v) is 2.84. The van der Waals surface area contributed by atoms with Gasteiger partial charge in [0.15, 0.2) is 5.76 Å². The zero-order chi connectivity index (χ0) is 13.2. The Labute approximate surface area is 114 Å². The van der Waals surface area contributed by atoms with Crippen LogP contribution in [0.2, 0.25) is 5.02 Å². The van der Waals surface area contributed by atoms with Gasteiger partial charge in [0.25, 0.3) is 5.91 Å². The third-order valence-electron chi connectivity index (χ3n) is 2.61. The molecule has 94 valence electrons. The number of nitrogens with one attached hydrogen (secondary N) is 1. The summed E-state index contributed by atoms with van der Waals surface area (Å²) in [6.45, 7) is 0. The van der Waals surface area contributed by atoms with Crippen LogP contribution in [0.25, 0.3) is 11.0 Å². The van der Waals surface area contributed by atoms with Crippen molar-refractivity contribution >= 4 is 34.3 Å². The summed E-state index contributed by atoms with van der Waals surface area (Å²) in [5, 5.41) is 4.05. The number of hydrogen-bond donors (Lipinski definition) is 1. The van der Waals surface area contributed by atoms with Crippen LogP contribution >= 0.6 is 11.6 Å². The van der Waals surface area contributed by atoms with Crippen LogP contribution in [0, 0.1) is 0 Å². The molecule has 0 aliphatic heterocycles. The van der Waals surface area contributed by atoms with E-state index in [1.807, 2.05) is 0 Å². The number of nitrogens with zero attached hydrogens (tertiary/aromatic N) is 1. The van der Waals surface area contributed by atoms with Crippen LogP contribution in [-0.4, -0.2) is 10.9 Å². The van der Waals surface area contributed by atoms with Gasteiger partial charge < -0.3 is 9.73 Å². The lowest BCUT2D eigenvalue weighted by atomic mass is 10.2. The number of hydrogen-bond acceptors (Lipinski definition) is 3. The smallest absolute Gasteiger partial charge is 0.292 e.